The molecule has 1 fully saturated rings. The van der Waals surface area contributed by atoms with Crippen LogP contribution in [0.4, 0.5) is 0 Å². The van der Waals surface area contributed by atoms with Crippen molar-refractivity contribution < 1.29 is 9.52 Å². The van der Waals surface area contributed by atoms with E-state index in [1.165, 1.54) is 12.8 Å². The molecule has 4 heteroatoms. The summed E-state index contributed by atoms with van der Waals surface area (Å²) in [6, 6.07) is 8.40. The summed E-state index contributed by atoms with van der Waals surface area (Å²) < 4.78 is 5.69. The lowest BCUT2D eigenvalue weighted by molar-refractivity contribution is 0.172. The van der Waals surface area contributed by atoms with Crippen LogP contribution in [0.1, 0.15) is 18.7 Å². The highest BCUT2D eigenvalue weighted by Crippen LogP contribution is 2.28. The minimum atomic E-state index is 0.191. The van der Waals surface area contributed by atoms with E-state index in [2.05, 4.69) is 9.88 Å². The smallest absolute Gasteiger partial charge is 0.209 e. The molecule has 0 radical (unpaired) electrons. The number of benzene rings is 1. The summed E-state index contributed by atoms with van der Waals surface area (Å²) >= 11 is 0. The van der Waals surface area contributed by atoms with E-state index in [0.29, 0.717) is 19.1 Å². The van der Waals surface area contributed by atoms with Crippen molar-refractivity contribution >= 4 is 11.1 Å². The van der Waals surface area contributed by atoms with Crippen molar-refractivity contribution in [3.05, 3.63) is 30.2 Å². The average Bonchev–Trinajstić information content (AvgIpc) is 3.09. The van der Waals surface area contributed by atoms with Crippen molar-refractivity contribution in [3.63, 3.8) is 0 Å². The normalized spacial score (nSPS) is 15.9. The first-order valence-electron chi connectivity index (χ1n) is 6.06. The molecule has 3 rings (SSSR count). The molecule has 1 aromatic carbocycles. The molecule has 90 valence electrons. The van der Waals surface area contributed by atoms with Crippen molar-refractivity contribution in [1.82, 2.24) is 9.88 Å². The summed E-state index contributed by atoms with van der Waals surface area (Å²) in [7, 11) is 0. The Morgan fingerprint density at radius 1 is 1.35 bits per heavy atom. The van der Waals surface area contributed by atoms with Crippen LogP contribution < -0.4 is 0 Å². The molecule has 1 heterocycles. The topological polar surface area (TPSA) is 49.5 Å². The lowest BCUT2D eigenvalue weighted by atomic mass is 10.3. The van der Waals surface area contributed by atoms with Gasteiger partial charge in [-0.3, -0.25) is 4.90 Å². The van der Waals surface area contributed by atoms with Gasteiger partial charge in [0.2, 0.25) is 5.89 Å². The second-order valence-corrected chi connectivity index (χ2v) is 4.50. The maximum Gasteiger partial charge on any atom is 0.209 e. The molecule has 1 aliphatic rings. The number of rotatable bonds is 5. The second-order valence-electron chi connectivity index (χ2n) is 4.50. The molecule has 2 aromatic rings. The average molecular weight is 232 g/mol. The number of para-hydroxylation sites is 2. The zero-order valence-corrected chi connectivity index (χ0v) is 9.67. The standard InChI is InChI=1S/C13H16N2O2/c16-8-7-15(10-5-6-10)9-13-14-11-3-1-2-4-12(11)17-13/h1-4,10,16H,5-9H2. The van der Waals surface area contributed by atoms with Crippen LogP contribution >= 0.6 is 0 Å². The molecule has 0 spiro atoms. The van der Waals surface area contributed by atoms with Crippen LogP contribution in [-0.2, 0) is 6.54 Å². The van der Waals surface area contributed by atoms with Crippen molar-refractivity contribution in [1.29, 1.82) is 0 Å². The summed E-state index contributed by atoms with van der Waals surface area (Å²) in [5.41, 5.74) is 1.74. The number of aliphatic hydroxyl groups is 1. The molecule has 0 atom stereocenters. The molecule has 4 nitrogen and oxygen atoms in total. The SMILES string of the molecule is OCCN(Cc1nc2ccccc2o1)C1CC1. The lowest BCUT2D eigenvalue weighted by Crippen LogP contribution is -2.28. The molecule has 0 unspecified atom stereocenters. The Morgan fingerprint density at radius 3 is 2.88 bits per heavy atom. The van der Waals surface area contributed by atoms with Crippen LogP contribution in [0.25, 0.3) is 11.1 Å². The van der Waals surface area contributed by atoms with Crippen LogP contribution in [0.3, 0.4) is 0 Å². The van der Waals surface area contributed by atoms with E-state index in [1.807, 2.05) is 24.3 Å². The Bertz CT molecular complexity index is 472. The maximum absolute atomic E-state index is 9.04. The minimum absolute atomic E-state index is 0.191. The first kappa shape index (κ1) is 10.7. The third kappa shape index (κ3) is 2.33. The number of hydrogen-bond acceptors (Lipinski definition) is 4. The van der Waals surface area contributed by atoms with Crippen molar-refractivity contribution in [2.75, 3.05) is 13.2 Å². The quantitative estimate of drug-likeness (QED) is 0.853. The Labute approximate surface area is 99.9 Å². The van der Waals surface area contributed by atoms with Gasteiger partial charge in [0.15, 0.2) is 5.58 Å². The molecule has 17 heavy (non-hydrogen) atoms. The summed E-state index contributed by atoms with van der Waals surface area (Å²) in [5, 5.41) is 9.04. The first-order chi connectivity index (χ1) is 8.36. The van der Waals surface area contributed by atoms with Gasteiger partial charge in [0.1, 0.15) is 5.52 Å². The summed E-state index contributed by atoms with van der Waals surface area (Å²) in [4.78, 5) is 6.70. The zero-order chi connectivity index (χ0) is 11.7. The third-order valence-electron chi connectivity index (χ3n) is 3.13. The maximum atomic E-state index is 9.04. The molecular formula is C13H16N2O2. The van der Waals surface area contributed by atoms with Gasteiger partial charge < -0.3 is 9.52 Å². The number of aromatic nitrogens is 1. The van der Waals surface area contributed by atoms with Gasteiger partial charge in [0.25, 0.3) is 0 Å². The largest absolute Gasteiger partial charge is 0.439 e. The highest BCUT2D eigenvalue weighted by atomic mass is 16.3. The van der Waals surface area contributed by atoms with Gasteiger partial charge in [-0.25, -0.2) is 4.98 Å². The Hall–Kier alpha value is -1.39. The van der Waals surface area contributed by atoms with Crippen molar-refractivity contribution in [2.45, 2.75) is 25.4 Å². The minimum Gasteiger partial charge on any atom is -0.439 e. The Balaban J connectivity index is 1.78. The van der Waals surface area contributed by atoms with Crippen LogP contribution in [0.5, 0.6) is 0 Å². The van der Waals surface area contributed by atoms with Crippen LogP contribution in [-0.4, -0.2) is 34.2 Å². The number of hydrogen-bond donors (Lipinski definition) is 1. The molecule has 0 amide bonds. The predicted octanol–water partition coefficient (Wildman–Crippen LogP) is 1.78. The van der Waals surface area contributed by atoms with Gasteiger partial charge in [0.05, 0.1) is 13.2 Å². The molecule has 1 aromatic heterocycles. The molecule has 0 bridgehead atoms. The molecule has 0 saturated heterocycles. The first-order valence-corrected chi connectivity index (χ1v) is 6.06. The fourth-order valence-electron chi connectivity index (χ4n) is 2.12. The highest BCUT2D eigenvalue weighted by Gasteiger charge is 2.29. The molecule has 1 saturated carbocycles. The monoisotopic (exact) mass is 232 g/mol. The fraction of sp³-hybridized carbons (Fsp3) is 0.462. The number of oxazole rings is 1. The van der Waals surface area contributed by atoms with Gasteiger partial charge in [-0.15, -0.1) is 0 Å². The molecule has 1 N–H and O–H groups in total. The molecule has 0 aliphatic heterocycles. The number of fused-ring (bicyclic) bond motifs is 1. The van der Waals surface area contributed by atoms with Crippen molar-refractivity contribution in [3.8, 4) is 0 Å². The summed E-state index contributed by atoms with van der Waals surface area (Å²) in [5.74, 6) is 0.742. The van der Waals surface area contributed by atoms with Crippen LogP contribution in [0.2, 0.25) is 0 Å². The highest BCUT2D eigenvalue weighted by molar-refractivity contribution is 5.72. The van der Waals surface area contributed by atoms with Crippen LogP contribution in [0, 0.1) is 0 Å². The van der Waals surface area contributed by atoms with Gasteiger partial charge in [0, 0.05) is 12.6 Å². The van der Waals surface area contributed by atoms with Crippen molar-refractivity contribution in [2.24, 2.45) is 0 Å². The van der Waals surface area contributed by atoms with Gasteiger partial charge in [-0.1, -0.05) is 12.1 Å². The van der Waals surface area contributed by atoms with Crippen LogP contribution in [0.15, 0.2) is 28.7 Å². The van der Waals surface area contributed by atoms with E-state index in [9.17, 15) is 0 Å². The number of nitrogens with zero attached hydrogens (tertiary/aromatic N) is 2. The predicted molar refractivity (Wildman–Crippen MR) is 64.5 cm³/mol. The number of aliphatic hydroxyl groups excluding tert-OH is 1. The summed E-state index contributed by atoms with van der Waals surface area (Å²) in [6.07, 6.45) is 2.44. The van der Waals surface area contributed by atoms with E-state index in [-0.39, 0.29) is 6.61 Å². The Kier molecular flexibility index (Phi) is 2.82. The Morgan fingerprint density at radius 2 is 2.18 bits per heavy atom. The third-order valence-corrected chi connectivity index (χ3v) is 3.13. The van der Waals surface area contributed by atoms with E-state index >= 15 is 0 Å². The van der Waals surface area contributed by atoms with E-state index in [4.69, 9.17) is 9.52 Å². The van der Waals surface area contributed by atoms with Gasteiger partial charge in [-0.2, -0.15) is 0 Å². The molecule has 1 aliphatic carbocycles. The zero-order valence-electron chi connectivity index (χ0n) is 9.67. The summed E-state index contributed by atoms with van der Waals surface area (Å²) in [6.45, 7) is 1.58. The van der Waals surface area contributed by atoms with Gasteiger partial charge in [-0.05, 0) is 25.0 Å². The molecular weight excluding hydrogens is 216 g/mol. The second kappa shape index (κ2) is 4.47. The van der Waals surface area contributed by atoms with Gasteiger partial charge >= 0.3 is 0 Å². The van der Waals surface area contributed by atoms with E-state index < -0.39 is 0 Å². The lowest BCUT2D eigenvalue weighted by Gasteiger charge is -2.18. The van der Waals surface area contributed by atoms with E-state index in [0.717, 1.165) is 17.0 Å². The van der Waals surface area contributed by atoms with E-state index in [1.54, 1.807) is 0 Å². The fourth-order valence-corrected chi connectivity index (χ4v) is 2.12.